The van der Waals surface area contributed by atoms with E-state index in [4.69, 9.17) is 5.73 Å². The van der Waals surface area contributed by atoms with Gasteiger partial charge in [0.2, 0.25) is 0 Å². The minimum absolute atomic E-state index is 0.115. The highest BCUT2D eigenvalue weighted by molar-refractivity contribution is 5.24. The smallest absolute Gasteiger partial charge is 0.126 e. The molecule has 0 atom stereocenters. The number of hydrogen-bond acceptors (Lipinski definition) is 1. The van der Waals surface area contributed by atoms with E-state index in [1.54, 1.807) is 6.07 Å². The molecular formula is C13H18FN. The molecular weight excluding hydrogens is 189 g/mol. The molecule has 82 valence electrons. The molecule has 2 rings (SSSR count). The van der Waals surface area contributed by atoms with Gasteiger partial charge in [-0.25, -0.2) is 4.39 Å². The molecule has 1 aliphatic rings. The summed E-state index contributed by atoms with van der Waals surface area (Å²) in [4.78, 5) is 0. The number of benzene rings is 1. The molecule has 1 saturated carbocycles. The Morgan fingerprint density at radius 2 is 2.13 bits per heavy atom. The zero-order valence-corrected chi connectivity index (χ0v) is 9.22. The minimum atomic E-state index is -0.115. The zero-order chi connectivity index (χ0) is 10.9. The highest BCUT2D eigenvalue weighted by Crippen LogP contribution is 2.36. The van der Waals surface area contributed by atoms with Crippen LogP contribution in [0.1, 0.15) is 36.8 Å². The minimum Gasteiger partial charge on any atom is -0.325 e. The maximum absolute atomic E-state index is 13.0. The molecule has 2 heteroatoms. The third-order valence-corrected chi connectivity index (χ3v) is 3.25. The highest BCUT2D eigenvalue weighted by atomic mass is 19.1. The van der Waals surface area contributed by atoms with E-state index in [-0.39, 0.29) is 11.4 Å². The first-order valence-electron chi connectivity index (χ1n) is 5.63. The third-order valence-electron chi connectivity index (χ3n) is 3.25. The maximum Gasteiger partial charge on any atom is 0.126 e. The first kappa shape index (κ1) is 10.6. The van der Waals surface area contributed by atoms with Gasteiger partial charge in [-0.1, -0.05) is 12.1 Å². The summed E-state index contributed by atoms with van der Waals surface area (Å²) >= 11 is 0. The lowest BCUT2D eigenvalue weighted by Crippen LogP contribution is -2.21. The average Bonchev–Trinajstić information content (AvgIpc) is 2.90. The number of nitrogens with two attached hydrogens (primary N) is 1. The molecule has 0 radical (unpaired) electrons. The van der Waals surface area contributed by atoms with E-state index in [1.807, 2.05) is 19.1 Å². The predicted octanol–water partition coefficient (Wildman–Crippen LogP) is 2.95. The summed E-state index contributed by atoms with van der Waals surface area (Å²) in [7, 11) is 0. The molecule has 2 N–H and O–H groups in total. The molecule has 1 aliphatic carbocycles. The van der Waals surface area contributed by atoms with E-state index in [0.29, 0.717) is 0 Å². The van der Waals surface area contributed by atoms with Crippen molar-refractivity contribution in [3.8, 4) is 0 Å². The van der Waals surface area contributed by atoms with E-state index >= 15 is 0 Å². The summed E-state index contributed by atoms with van der Waals surface area (Å²) < 4.78 is 13.0. The first-order valence-corrected chi connectivity index (χ1v) is 5.63. The largest absolute Gasteiger partial charge is 0.325 e. The molecule has 1 aromatic rings. The normalized spacial score (nSPS) is 17.8. The molecule has 0 spiro atoms. The van der Waals surface area contributed by atoms with Crippen LogP contribution in [0.4, 0.5) is 4.39 Å². The summed E-state index contributed by atoms with van der Waals surface area (Å²) in [5.74, 6) is -0.115. The topological polar surface area (TPSA) is 26.0 Å². The van der Waals surface area contributed by atoms with Gasteiger partial charge in [-0.3, -0.25) is 0 Å². The van der Waals surface area contributed by atoms with Crippen molar-refractivity contribution in [2.45, 2.75) is 44.6 Å². The Morgan fingerprint density at radius 1 is 1.40 bits per heavy atom. The van der Waals surface area contributed by atoms with Gasteiger partial charge < -0.3 is 5.73 Å². The van der Waals surface area contributed by atoms with Crippen LogP contribution in [0.25, 0.3) is 0 Å². The Kier molecular flexibility index (Phi) is 2.79. The highest BCUT2D eigenvalue weighted by Gasteiger charge is 2.36. The molecule has 0 heterocycles. The van der Waals surface area contributed by atoms with Crippen molar-refractivity contribution in [2.24, 2.45) is 5.73 Å². The fourth-order valence-electron chi connectivity index (χ4n) is 1.92. The summed E-state index contributed by atoms with van der Waals surface area (Å²) in [6.45, 7) is 1.81. The van der Waals surface area contributed by atoms with E-state index in [2.05, 4.69) is 0 Å². The van der Waals surface area contributed by atoms with Crippen LogP contribution in [0.2, 0.25) is 0 Å². The van der Waals surface area contributed by atoms with Gasteiger partial charge in [-0.2, -0.15) is 0 Å². The lowest BCUT2D eigenvalue weighted by molar-refractivity contribution is 0.574. The number of halogens is 1. The third kappa shape index (κ3) is 2.78. The molecule has 1 aromatic carbocycles. The molecule has 1 fully saturated rings. The van der Waals surface area contributed by atoms with Gasteiger partial charge in [0.1, 0.15) is 5.82 Å². The second-order valence-corrected chi connectivity index (χ2v) is 4.80. The van der Waals surface area contributed by atoms with Gasteiger partial charge in [0.05, 0.1) is 0 Å². The van der Waals surface area contributed by atoms with Crippen molar-refractivity contribution >= 4 is 0 Å². The molecule has 0 unspecified atom stereocenters. The van der Waals surface area contributed by atoms with E-state index in [9.17, 15) is 4.39 Å². The molecule has 15 heavy (non-hydrogen) atoms. The monoisotopic (exact) mass is 207 g/mol. The van der Waals surface area contributed by atoms with Gasteiger partial charge in [0, 0.05) is 5.54 Å². The standard InChI is InChI=1S/C13H18FN/c1-10-9-11(4-5-12(10)14)3-2-6-13(15)7-8-13/h4-5,9H,2-3,6-8,15H2,1H3. The summed E-state index contributed by atoms with van der Waals surface area (Å²) in [5.41, 5.74) is 8.11. The average molecular weight is 207 g/mol. The SMILES string of the molecule is Cc1cc(CCCC2(N)CC2)ccc1F. The number of aryl methyl sites for hydroxylation is 2. The van der Waals surface area contributed by atoms with Crippen LogP contribution in [-0.4, -0.2) is 5.54 Å². The fraction of sp³-hybridized carbons (Fsp3) is 0.538. The number of hydrogen-bond donors (Lipinski definition) is 1. The van der Waals surface area contributed by atoms with Gasteiger partial charge in [0.15, 0.2) is 0 Å². The van der Waals surface area contributed by atoms with E-state index < -0.39 is 0 Å². The molecule has 0 aromatic heterocycles. The van der Waals surface area contributed by atoms with Crippen molar-refractivity contribution in [1.82, 2.24) is 0 Å². The summed E-state index contributed by atoms with van der Waals surface area (Å²) in [5, 5.41) is 0. The predicted molar refractivity (Wildman–Crippen MR) is 60.2 cm³/mol. The van der Waals surface area contributed by atoms with Crippen LogP contribution in [0, 0.1) is 12.7 Å². The van der Waals surface area contributed by atoms with Crippen molar-refractivity contribution in [1.29, 1.82) is 0 Å². The second kappa shape index (κ2) is 3.93. The molecule has 0 aliphatic heterocycles. The maximum atomic E-state index is 13.0. The molecule has 0 amide bonds. The lowest BCUT2D eigenvalue weighted by atomic mass is 10.0. The van der Waals surface area contributed by atoms with Crippen molar-refractivity contribution in [2.75, 3.05) is 0 Å². The fourth-order valence-corrected chi connectivity index (χ4v) is 1.92. The Labute approximate surface area is 90.5 Å². The number of rotatable bonds is 4. The summed E-state index contributed by atoms with van der Waals surface area (Å²) in [6.07, 6.45) is 5.58. The Bertz CT molecular complexity index is 356. The van der Waals surface area contributed by atoms with Crippen molar-refractivity contribution < 1.29 is 4.39 Å². The van der Waals surface area contributed by atoms with Crippen LogP contribution < -0.4 is 5.73 Å². The van der Waals surface area contributed by atoms with Crippen molar-refractivity contribution in [3.05, 3.63) is 35.1 Å². The summed E-state index contributed by atoms with van der Waals surface area (Å²) in [6, 6.07) is 5.36. The quantitative estimate of drug-likeness (QED) is 0.807. The van der Waals surface area contributed by atoms with Gasteiger partial charge >= 0.3 is 0 Å². The van der Waals surface area contributed by atoms with Crippen molar-refractivity contribution in [3.63, 3.8) is 0 Å². The second-order valence-electron chi connectivity index (χ2n) is 4.80. The van der Waals surface area contributed by atoms with E-state index in [0.717, 1.165) is 24.8 Å². The van der Waals surface area contributed by atoms with Crippen LogP contribution in [-0.2, 0) is 6.42 Å². The van der Waals surface area contributed by atoms with Crippen LogP contribution >= 0.6 is 0 Å². The molecule has 1 nitrogen and oxygen atoms in total. The van der Waals surface area contributed by atoms with Crippen LogP contribution in [0.5, 0.6) is 0 Å². The lowest BCUT2D eigenvalue weighted by Gasteiger charge is -2.08. The van der Waals surface area contributed by atoms with Crippen LogP contribution in [0.3, 0.4) is 0 Å². The van der Waals surface area contributed by atoms with Gasteiger partial charge in [-0.15, -0.1) is 0 Å². The molecule has 0 saturated heterocycles. The van der Waals surface area contributed by atoms with Gasteiger partial charge in [-0.05, 0) is 56.2 Å². The Morgan fingerprint density at radius 3 is 2.73 bits per heavy atom. The van der Waals surface area contributed by atoms with Gasteiger partial charge in [0.25, 0.3) is 0 Å². The Hall–Kier alpha value is -0.890. The van der Waals surface area contributed by atoms with E-state index in [1.165, 1.54) is 18.4 Å². The zero-order valence-electron chi connectivity index (χ0n) is 9.22. The first-order chi connectivity index (χ1) is 7.09. The Balaban J connectivity index is 1.85. The molecule has 0 bridgehead atoms. The van der Waals surface area contributed by atoms with Crippen LogP contribution in [0.15, 0.2) is 18.2 Å².